The zero-order valence-electron chi connectivity index (χ0n) is 7.29. The van der Waals surface area contributed by atoms with Gasteiger partial charge in [0.1, 0.15) is 0 Å². The fraction of sp³-hybridized carbons (Fsp3) is 1.00. The van der Waals surface area contributed by atoms with Crippen LogP contribution in [-0.2, 0) is 0 Å². The third-order valence-corrected chi connectivity index (χ3v) is 2.39. The molecule has 3 nitrogen and oxygen atoms in total. The van der Waals surface area contributed by atoms with Crippen molar-refractivity contribution in [1.29, 1.82) is 0 Å². The highest BCUT2D eigenvalue weighted by Gasteiger charge is 2.24. The number of hydrogen-bond acceptors (Lipinski definition) is 2. The van der Waals surface area contributed by atoms with Gasteiger partial charge in [-0.1, -0.05) is 13.8 Å². The monoisotopic (exact) mass is 156 g/mol. The van der Waals surface area contributed by atoms with Crippen molar-refractivity contribution >= 4 is 0 Å². The summed E-state index contributed by atoms with van der Waals surface area (Å²) in [5.41, 5.74) is 0. The Morgan fingerprint density at radius 1 is 1.45 bits per heavy atom. The molecule has 3 heteroatoms. The maximum absolute atomic E-state index is 10.4. The summed E-state index contributed by atoms with van der Waals surface area (Å²) in [7, 11) is 0. The second-order valence-electron chi connectivity index (χ2n) is 3.55. The average molecular weight is 156 g/mol. The average Bonchev–Trinajstić information content (AvgIpc) is 2.04. The van der Waals surface area contributed by atoms with Crippen LogP contribution in [0.15, 0.2) is 5.29 Å². The molecule has 0 bridgehead atoms. The maximum atomic E-state index is 10.4. The van der Waals surface area contributed by atoms with E-state index in [1.807, 2.05) is 0 Å². The second-order valence-corrected chi connectivity index (χ2v) is 3.55. The van der Waals surface area contributed by atoms with Gasteiger partial charge in [-0.2, -0.15) is 0 Å². The van der Waals surface area contributed by atoms with Crippen LogP contribution in [0.4, 0.5) is 0 Å². The van der Waals surface area contributed by atoms with Crippen LogP contribution < -0.4 is 0 Å². The molecule has 1 aliphatic heterocycles. The van der Waals surface area contributed by atoms with E-state index in [2.05, 4.69) is 19.1 Å². The molecule has 0 spiro atoms. The molecule has 11 heavy (non-hydrogen) atoms. The Morgan fingerprint density at radius 3 is 2.64 bits per heavy atom. The van der Waals surface area contributed by atoms with E-state index < -0.39 is 0 Å². The Morgan fingerprint density at radius 2 is 2.18 bits per heavy atom. The smallest absolute Gasteiger partial charge is 0.0526 e. The Balaban J connectivity index is 2.51. The van der Waals surface area contributed by atoms with E-state index in [0.717, 1.165) is 19.4 Å². The minimum absolute atomic E-state index is 0.390. The fourth-order valence-electron chi connectivity index (χ4n) is 1.72. The van der Waals surface area contributed by atoms with E-state index in [0.29, 0.717) is 12.0 Å². The fourth-order valence-corrected chi connectivity index (χ4v) is 1.72. The van der Waals surface area contributed by atoms with Gasteiger partial charge < -0.3 is 0 Å². The van der Waals surface area contributed by atoms with Gasteiger partial charge in [0.05, 0.1) is 11.3 Å². The van der Waals surface area contributed by atoms with E-state index in [-0.39, 0.29) is 0 Å². The summed E-state index contributed by atoms with van der Waals surface area (Å²) in [6.45, 7) is 5.15. The molecule has 0 aliphatic carbocycles. The minimum Gasteiger partial charge on any atom is -0.258 e. The zero-order chi connectivity index (χ0) is 8.27. The summed E-state index contributed by atoms with van der Waals surface area (Å²) >= 11 is 0. The number of rotatable bonds is 2. The SMILES string of the molecule is CC(C)C1CCCCN1N=O. The van der Waals surface area contributed by atoms with E-state index >= 15 is 0 Å². The molecule has 1 unspecified atom stereocenters. The topological polar surface area (TPSA) is 32.7 Å². The number of nitroso groups, excluding NO2 is 1. The first-order chi connectivity index (χ1) is 5.25. The van der Waals surface area contributed by atoms with Gasteiger partial charge in [0.25, 0.3) is 0 Å². The summed E-state index contributed by atoms with van der Waals surface area (Å²) in [6, 6.07) is 0.390. The Labute approximate surface area is 67.7 Å². The third-order valence-electron chi connectivity index (χ3n) is 2.39. The lowest BCUT2D eigenvalue weighted by Gasteiger charge is -2.33. The number of nitrogens with zero attached hydrogens (tertiary/aromatic N) is 2. The van der Waals surface area contributed by atoms with Crippen molar-refractivity contribution in [2.45, 2.75) is 39.2 Å². The highest BCUT2D eigenvalue weighted by molar-refractivity contribution is 4.76. The summed E-state index contributed by atoms with van der Waals surface area (Å²) in [4.78, 5) is 10.4. The quantitative estimate of drug-likeness (QED) is 0.574. The van der Waals surface area contributed by atoms with E-state index in [9.17, 15) is 4.91 Å². The van der Waals surface area contributed by atoms with Gasteiger partial charge in [-0.05, 0) is 25.2 Å². The first kappa shape index (κ1) is 8.50. The molecule has 1 fully saturated rings. The van der Waals surface area contributed by atoms with Crippen molar-refractivity contribution in [2.75, 3.05) is 6.54 Å². The standard InChI is InChI=1S/C8H16N2O/c1-7(2)8-5-3-4-6-10(8)9-11/h7-8H,3-6H2,1-2H3. The van der Waals surface area contributed by atoms with Gasteiger partial charge >= 0.3 is 0 Å². The summed E-state index contributed by atoms with van der Waals surface area (Å²) in [5, 5.41) is 4.74. The summed E-state index contributed by atoms with van der Waals surface area (Å²) in [6.07, 6.45) is 3.49. The van der Waals surface area contributed by atoms with Crippen LogP contribution in [0, 0.1) is 10.8 Å². The molecule has 1 aliphatic rings. The van der Waals surface area contributed by atoms with Gasteiger partial charge in [-0.3, -0.25) is 5.01 Å². The molecule has 1 heterocycles. The van der Waals surface area contributed by atoms with Crippen LogP contribution in [0.5, 0.6) is 0 Å². The van der Waals surface area contributed by atoms with Crippen molar-refractivity contribution in [3.63, 3.8) is 0 Å². The molecular formula is C8H16N2O. The van der Waals surface area contributed by atoms with Crippen molar-refractivity contribution in [2.24, 2.45) is 11.2 Å². The molecule has 0 aromatic heterocycles. The largest absolute Gasteiger partial charge is 0.258 e. The first-order valence-electron chi connectivity index (χ1n) is 4.35. The van der Waals surface area contributed by atoms with Crippen molar-refractivity contribution < 1.29 is 0 Å². The number of hydrogen-bond donors (Lipinski definition) is 0. The van der Waals surface area contributed by atoms with Crippen LogP contribution in [0.25, 0.3) is 0 Å². The maximum Gasteiger partial charge on any atom is 0.0526 e. The normalized spacial score (nSPS) is 25.7. The van der Waals surface area contributed by atoms with Crippen molar-refractivity contribution in [1.82, 2.24) is 5.01 Å². The van der Waals surface area contributed by atoms with Gasteiger partial charge in [-0.25, -0.2) is 0 Å². The molecule has 64 valence electrons. The molecule has 0 amide bonds. The molecule has 1 atom stereocenters. The molecule has 0 aromatic carbocycles. The predicted molar refractivity (Wildman–Crippen MR) is 45.0 cm³/mol. The Kier molecular flexibility index (Phi) is 2.85. The Hall–Kier alpha value is -0.600. The summed E-state index contributed by atoms with van der Waals surface area (Å²) < 4.78 is 0. The molecule has 0 N–H and O–H groups in total. The van der Waals surface area contributed by atoms with Crippen molar-refractivity contribution in [3.05, 3.63) is 4.91 Å². The molecule has 0 radical (unpaired) electrons. The summed E-state index contributed by atoms with van der Waals surface area (Å²) in [5.74, 6) is 0.549. The molecule has 0 saturated carbocycles. The first-order valence-corrected chi connectivity index (χ1v) is 4.35. The Bertz CT molecular complexity index is 136. The van der Waals surface area contributed by atoms with Crippen LogP contribution >= 0.6 is 0 Å². The lowest BCUT2D eigenvalue weighted by Crippen LogP contribution is -2.38. The van der Waals surface area contributed by atoms with Crippen LogP contribution in [0.1, 0.15) is 33.1 Å². The molecule has 1 saturated heterocycles. The zero-order valence-corrected chi connectivity index (χ0v) is 7.29. The molecule has 0 aromatic rings. The van der Waals surface area contributed by atoms with Crippen LogP contribution in [0.3, 0.4) is 0 Å². The number of piperidine rings is 1. The molecular weight excluding hydrogens is 140 g/mol. The van der Waals surface area contributed by atoms with Crippen LogP contribution in [-0.4, -0.2) is 17.6 Å². The van der Waals surface area contributed by atoms with E-state index in [1.54, 1.807) is 5.01 Å². The lowest BCUT2D eigenvalue weighted by molar-refractivity contribution is 0.114. The minimum atomic E-state index is 0.390. The molecule has 1 rings (SSSR count). The van der Waals surface area contributed by atoms with Gasteiger partial charge in [-0.15, -0.1) is 4.91 Å². The third kappa shape index (κ3) is 1.91. The van der Waals surface area contributed by atoms with Crippen molar-refractivity contribution in [3.8, 4) is 0 Å². The van der Waals surface area contributed by atoms with E-state index in [1.165, 1.54) is 6.42 Å². The lowest BCUT2D eigenvalue weighted by atomic mass is 9.94. The highest BCUT2D eigenvalue weighted by Crippen LogP contribution is 2.22. The van der Waals surface area contributed by atoms with Gasteiger partial charge in [0.15, 0.2) is 0 Å². The van der Waals surface area contributed by atoms with Gasteiger partial charge in [0, 0.05) is 6.54 Å². The van der Waals surface area contributed by atoms with E-state index in [4.69, 9.17) is 0 Å². The second kappa shape index (κ2) is 3.69. The van der Waals surface area contributed by atoms with Crippen LogP contribution in [0.2, 0.25) is 0 Å². The highest BCUT2D eigenvalue weighted by atomic mass is 16.3. The van der Waals surface area contributed by atoms with Gasteiger partial charge in [0.2, 0.25) is 0 Å². The predicted octanol–water partition coefficient (Wildman–Crippen LogP) is 2.18.